The van der Waals surface area contributed by atoms with Gasteiger partial charge in [0.2, 0.25) is 0 Å². The van der Waals surface area contributed by atoms with E-state index >= 15 is 0 Å². The van der Waals surface area contributed by atoms with Gasteiger partial charge in [0, 0.05) is 30.5 Å². The molecule has 3 heterocycles. The van der Waals surface area contributed by atoms with E-state index in [0.717, 1.165) is 71.0 Å². The van der Waals surface area contributed by atoms with Gasteiger partial charge in [-0.15, -0.1) is 0 Å². The third-order valence-electron chi connectivity index (χ3n) is 10.8. The molecule has 11 atom stereocenters. The summed E-state index contributed by atoms with van der Waals surface area (Å²) in [6.45, 7) is 11.5. The van der Waals surface area contributed by atoms with Gasteiger partial charge in [0.25, 0.3) is 0 Å². The van der Waals surface area contributed by atoms with Gasteiger partial charge in [0.1, 0.15) is 5.60 Å². The summed E-state index contributed by atoms with van der Waals surface area (Å²) in [5.41, 5.74) is -0.594. The summed E-state index contributed by atoms with van der Waals surface area (Å²) in [6.07, 6.45) is 7.93. The molecule has 0 aromatic heterocycles. The van der Waals surface area contributed by atoms with Crippen molar-refractivity contribution in [3.8, 4) is 0 Å². The van der Waals surface area contributed by atoms with E-state index in [2.05, 4.69) is 20.8 Å². The first kappa shape index (κ1) is 27.3. The molecule has 1 unspecified atom stereocenters. The van der Waals surface area contributed by atoms with Crippen LogP contribution in [0.2, 0.25) is 0 Å². The maximum atomic E-state index is 10.9. The molecule has 2 spiro atoms. The summed E-state index contributed by atoms with van der Waals surface area (Å²) < 4.78 is 32.3. The fourth-order valence-electron chi connectivity index (χ4n) is 8.04. The highest BCUT2D eigenvalue weighted by Crippen LogP contribution is 2.72. The summed E-state index contributed by atoms with van der Waals surface area (Å²) in [5.74, 6) is 0.697. The molecule has 7 nitrogen and oxygen atoms in total. The number of aliphatic hydroxyl groups is 2. The molecule has 5 rings (SSSR count). The normalized spacial score (nSPS) is 51.7. The molecule has 5 fully saturated rings. The molecule has 0 amide bonds. The van der Waals surface area contributed by atoms with Crippen molar-refractivity contribution >= 4 is 0 Å². The van der Waals surface area contributed by atoms with Crippen LogP contribution in [-0.4, -0.2) is 85.5 Å². The molecule has 208 valence electrons. The first-order valence-electron chi connectivity index (χ1n) is 14.7. The molecule has 2 bridgehead atoms. The van der Waals surface area contributed by atoms with E-state index in [1.165, 1.54) is 0 Å². The molecule has 36 heavy (non-hydrogen) atoms. The van der Waals surface area contributed by atoms with Gasteiger partial charge >= 0.3 is 0 Å². The van der Waals surface area contributed by atoms with Gasteiger partial charge in [-0.2, -0.15) is 0 Å². The lowest BCUT2D eigenvalue weighted by atomic mass is 9.50. The highest BCUT2D eigenvalue weighted by atomic mass is 16.6. The Morgan fingerprint density at radius 2 is 1.69 bits per heavy atom. The minimum absolute atomic E-state index is 0.0569. The van der Waals surface area contributed by atoms with Gasteiger partial charge in [0.15, 0.2) is 0 Å². The Bertz CT molecular complexity index is 741. The zero-order valence-electron chi connectivity index (χ0n) is 23.0. The van der Waals surface area contributed by atoms with E-state index in [1.54, 1.807) is 6.92 Å². The van der Waals surface area contributed by atoms with E-state index < -0.39 is 12.2 Å². The lowest BCUT2D eigenvalue weighted by Crippen LogP contribution is -2.67. The Morgan fingerprint density at radius 1 is 0.889 bits per heavy atom. The highest BCUT2D eigenvalue weighted by molar-refractivity contribution is 5.29. The topological polar surface area (TPSA) is 89.9 Å². The standard InChI is InChI=1S/C29H50O7/c1-19-9-11-28-17-32-16-22(31)20(2)10-13-33-23(21(3)30)8-6-5-7-12-34-24-15-26(36-25(28)14-19)29(18-35-29)27(24,28)4/h19-26,30-31H,5-18H2,1-4H3/t19?,20-,21-,22-,23-,24-,25-,26-,27-,28-,29+/m1/s1. The summed E-state index contributed by atoms with van der Waals surface area (Å²) in [7, 11) is 0. The largest absolute Gasteiger partial charge is 0.391 e. The Labute approximate surface area is 217 Å². The van der Waals surface area contributed by atoms with Crippen LogP contribution in [0.4, 0.5) is 0 Å². The molecule has 7 heteroatoms. The lowest BCUT2D eigenvalue weighted by molar-refractivity contribution is -0.261. The van der Waals surface area contributed by atoms with Gasteiger partial charge in [-0.25, -0.2) is 0 Å². The van der Waals surface area contributed by atoms with E-state index in [1.807, 2.05) is 0 Å². The van der Waals surface area contributed by atoms with Crippen molar-refractivity contribution in [2.24, 2.45) is 22.7 Å². The van der Waals surface area contributed by atoms with Gasteiger partial charge in [-0.1, -0.05) is 33.6 Å². The number of ether oxygens (including phenoxy) is 5. The zero-order chi connectivity index (χ0) is 25.6. The van der Waals surface area contributed by atoms with Gasteiger partial charge in [0.05, 0.1) is 56.4 Å². The molecular weight excluding hydrogens is 460 g/mol. The van der Waals surface area contributed by atoms with Crippen molar-refractivity contribution in [3.63, 3.8) is 0 Å². The average molecular weight is 511 g/mol. The van der Waals surface area contributed by atoms with Crippen molar-refractivity contribution in [1.82, 2.24) is 0 Å². The van der Waals surface area contributed by atoms with Crippen molar-refractivity contribution < 1.29 is 33.9 Å². The molecule has 5 aliphatic rings. The lowest BCUT2D eigenvalue weighted by Gasteiger charge is -2.60. The molecule has 3 aliphatic heterocycles. The number of rotatable bonds is 1. The van der Waals surface area contributed by atoms with Crippen LogP contribution in [0.15, 0.2) is 0 Å². The first-order valence-corrected chi connectivity index (χ1v) is 14.7. The molecule has 2 aliphatic carbocycles. The fourth-order valence-corrected chi connectivity index (χ4v) is 8.04. The predicted molar refractivity (Wildman–Crippen MR) is 136 cm³/mol. The van der Waals surface area contributed by atoms with Crippen LogP contribution in [-0.2, 0) is 23.7 Å². The Kier molecular flexibility index (Phi) is 8.12. The van der Waals surface area contributed by atoms with Crippen LogP contribution in [0.3, 0.4) is 0 Å². The van der Waals surface area contributed by atoms with E-state index in [9.17, 15) is 10.2 Å². The Balaban J connectivity index is 1.37. The third kappa shape index (κ3) is 4.59. The number of aliphatic hydroxyl groups excluding tert-OH is 2. The highest BCUT2D eigenvalue weighted by Gasteiger charge is 2.82. The maximum Gasteiger partial charge on any atom is 0.126 e. The van der Waals surface area contributed by atoms with E-state index in [4.69, 9.17) is 23.7 Å². The fraction of sp³-hybridized carbons (Fsp3) is 1.00. The number of hydrogen-bond acceptors (Lipinski definition) is 7. The first-order chi connectivity index (χ1) is 17.2. The van der Waals surface area contributed by atoms with Crippen molar-refractivity contribution in [3.05, 3.63) is 0 Å². The van der Waals surface area contributed by atoms with Crippen LogP contribution in [0.1, 0.15) is 85.5 Å². The molecular formula is C29H50O7. The van der Waals surface area contributed by atoms with E-state index in [-0.39, 0.29) is 46.8 Å². The van der Waals surface area contributed by atoms with Crippen molar-refractivity contribution in [2.45, 2.75) is 128 Å². The van der Waals surface area contributed by atoms with E-state index in [0.29, 0.717) is 25.7 Å². The quantitative estimate of drug-likeness (QED) is 0.518. The summed E-state index contributed by atoms with van der Waals surface area (Å²) in [5, 5.41) is 21.1. The monoisotopic (exact) mass is 510 g/mol. The predicted octanol–water partition coefficient (Wildman–Crippen LogP) is 3.87. The molecule has 2 N–H and O–H groups in total. The molecule has 0 aromatic rings. The molecule has 3 saturated heterocycles. The number of epoxide rings is 1. The van der Waals surface area contributed by atoms with Crippen molar-refractivity contribution in [2.75, 3.05) is 33.0 Å². The average Bonchev–Trinajstić information content (AvgIpc) is 3.62. The smallest absolute Gasteiger partial charge is 0.126 e. The Hall–Kier alpha value is -0.280. The molecule has 0 radical (unpaired) electrons. The second kappa shape index (κ2) is 10.7. The van der Waals surface area contributed by atoms with Crippen LogP contribution in [0.25, 0.3) is 0 Å². The van der Waals surface area contributed by atoms with Crippen molar-refractivity contribution in [1.29, 1.82) is 0 Å². The Morgan fingerprint density at radius 3 is 2.44 bits per heavy atom. The second-order valence-electron chi connectivity index (χ2n) is 13.0. The van der Waals surface area contributed by atoms with Gasteiger partial charge in [-0.05, 0) is 57.3 Å². The molecule has 2 saturated carbocycles. The second-order valence-corrected chi connectivity index (χ2v) is 13.0. The molecule has 0 aromatic carbocycles. The SMILES string of the molecule is CC1CC[C@@]23COC[C@@H](O)[C@H](C)CCO[C@@H]([C@@H](C)O)CCCCCO[C@@H]4C[C@@H](O[C@@H]2C1)[C@@]1(CO1)[C@]43C. The third-order valence-corrected chi connectivity index (χ3v) is 10.8. The van der Waals surface area contributed by atoms with Crippen LogP contribution >= 0.6 is 0 Å². The zero-order valence-corrected chi connectivity index (χ0v) is 23.0. The number of hydrogen-bond donors (Lipinski definition) is 2. The summed E-state index contributed by atoms with van der Waals surface area (Å²) in [6, 6.07) is 0. The van der Waals surface area contributed by atoms with Crippen LogP contribution in [0, 0.1) is 22.7 Å². The van der Waals surface area contributed by atoms with Crippen LogP contribution < -0.4 is 0 Å². The van der Waals surface area contributed by atoms with Crippen LogP contribution in [0.5, 0.6) is 0 Å². The summed E-state index contributed by atoms with van der Waals surface area (Å²) in [4.78, 5) is 0. The minimum Gasteiger partial charge on any atom is -0.391 e. The summed E-state index contributed by atoms with van der Waals surface area (Å²) >= 11 is 0. The van der Waals surface area contributed by atoms with Gasteiger partial charge in [-0.3, -0.25) is 0 Å². The minimum atomic E-state index is -0.554. The maximum absolute atomic E-state index is 10.9. The van der Waals surface area contributed by atoms with Gasteiger partial charge < -0.3 is 33.9 Å².